The molecule has 2 aromatic rings. The maximum Gasteiger partial charge on any atom is 0.269 e. The molecule has 1 aliphatic carbocycles. The average molecular weight is 517 g/mol. The fourth-order valence-corrected chi connectivity index (χ4v) is 5.28. The Labute approximate surface area is 219 Å². The van der Waals surface area contributed by atoms with Crippen molar-refractivity contribution in [3.8, 4) is 0 Å². The molecule has 2 heterocycles. The third-order valence-electron chi connectivity index (χ3n) is 7.11. The van der Waals surface area contributed by atoms with Crippen molar-refractivity contribution in [2.45, 2.75) is 44.9 Å². The van der Waals surface area contributed by atoms with E-state index < -0.39 is 5.41 Å². The molecule has 8 nitrogen and oxygen atoms in total. The van der Waals surface area contributed by atoms with Crippen molar-refractivity contribution in [2.24, 2.45) is 4.99 Å². The van der Waals surface area contributed by atoms with Crippen LogP contribution >= 0.6 is 11.6 Å². The molecule has 0 bridgehead atoms. The lowest BCUT2D eigenvalue weighted by Crippen LogP contribution is -2.23. The van der Waals surface area contributed by atoms with E-state index in [0.29, 0.717) is 6.42 Å². The van der Waals surface area contributed by atoms with Gasteiger partial charge in [-0.25, -0.2) is 0 Å². The summed E-state index contributed by atoms with van der Waals surface area (Å²) in [5, 5.41) is 26.3. The van der Waals surface area contributed by atoms with E-state index in [2.05, 4.69) is 5.32 Å². The molecule has 0 saturated heterocycles. The Hall–Kier alpha value is -4.04. The molecule has 0 aromatic heterocycles. The molecule has 0 fully saturated rings. The number of hydrogen-bond acceptors (Lipinski definition) is 6. The predicted octanol–water partition coefficient (Wildman–Crippen LogP) is 7.58. The second-order valence-electron chi connectivity index (χ2n) is 9.89. The number of rotatable bonds is 5. The van der Waals surface area contributed by atoms with E-state index in [4.69, 9.17) is 16.6 Å². The van der Waals surface area contributed by atoms with Gasteiger partial charge in [0.2, 0.25) is 0 Å². The van der Waals surface area contributed by atoms with Crippen LogP contribution in [0, 0.1) is 20.2 Å². The van der Waals surface area contributed by atoms with Crippen LogP contribution in [0.5, 0.6) is 0 Å². The van der Waals surface area contributed by atoms with Crippen molar-refractivity contribution in [3.05, 3.63) is 114 Å². The second kappa shape index (κ2) is 9.44. The van der Waals surface area contributed by atoms with Gasteiger partial charge in [0.25, 0.3) is 11.4 Å². The maximum atomic E-state index is 11.2. The summed E-state index contributed by atoms with van der Waals surface area (Å²) in [6.07, 6.45) is 11.3. The highest BCUT2D eigenvalue weighted by Gasteiger charge is 2.35. The zero-order chi connectivity index (χ0) is 26.3. The summed E-state index contributed by atoms with van der Waals surface area (Å²) in [5.74, 6) is 0. The van der Waals surface area contributed by atoms with Gasteiger partial charge in [-0.3, -0.25) is 25.2 Å². The molecule has 1 N–H and O–H groups in total. The van der Waals surface area contributed by atoms with Gasteiger partial charge in [-0.2, -0.15) is 0 Å². The molecule has 2 aromatic carbocycles. The number of nitro benzene ring substituents is 2. The standard InChI is InChI=1S/C28H25ClN4O4/c1-28(2)23-16-22(33(36)37)10-12-25(23)31-26(28)13-7-18-5-3-4-17(27(18)29)6-8-20-14-19-15-21(32(34)35)9-11-24(19)30-20/h6-13,15-16,30H,3-5,14H2,1-2H3/b13-7+,17-6-,20-8-. The van der Waals surface area contributed by atoms with Crippen LogP contribution in [-0.2, 0) is 11.8 Å². The molecule has 188 valence electrons. The van der Waals surface area contributed by atoms with Crippen LogP contribution in [-0.4, -0.2) is 15.6 Å². The third kappa shape index (κ3) is 4.72. The molecule has 2 aliphatic heterocycles. The molecule has 0 radical (unpaired) electrons. The lowest BCUT2D eigenvalue weighted by Gasteiger charge is -2.21. The first kappa shape index (κ1) is 24.6. The number of fused-ring (bicyclic) bond motifs is 2. The van der Waals surface area contributed by atoms with E-state index in [-0.39, 0.29) is 21.2 Å². The smallest absolute Gasteiger partial charge is 0.269 e. The third-order valence-corrected chi connectivity index (χ3v) is 7.59. The Morgan fingerprint density at radius 1 is 1.00 bits per heavy atom. The average Bonchev–Trinajstić information content (AvgIpc) is 3.39. The van der Waals surface area contributed by atoms with E-state index in [9.17, 15) is 20.2 Å². The molecule has 3 aliphatic rings. The van der Waals surface area contributed by atoms with Crippen LogP contribution in [0.4, 0.5) is 22.7 Å². The van der Waals surface area contributed by atoms with E-state index in [1.54, 1.807) is 24.3 Å². The predicted molar refractivity (Wildman–Crippen MR) is 146 cm³/mol. The summed E-state index contributed by atoms with van der Waals surface area (Å²) < 4.78 is 0. The number of nitro groups is 2. The first-order chi connectivity index (χ1) is 17.6. The van der Waals surface area contributed by atoms with Crippen molar-refractivity contribution in [3.63, 3.8) is 0 Å². The quantitative estimate of drug-likeness (QED) is 0.325. The highest BCUT2D eigenvalue weighted by molar-refractivity contribution is 6.32. The van der Waals surface area contributed by atoms with Gasteiger partial charge in [-0.05, 0) is 65.8 Å². The van der Waals surface area contributed by atoms with Gasteiger partial charge < -0.3 is 5.32 Å². The molecule has 5 rings (SSSR count). The topological polar surface area (TPSA) is 111 Å². The molecule has 0 atom stereocenters. The van der Waals surface area contributed by atoms with Crippen LogP contribution in [0.15, 0.2) is 87.6 Å². The molecule has 0 amide bonds. The van der Waals surface area contributed by atoms with E-state index >= 15 is 0 Å². The molecule has 0 unspecified atom stereocenters. The van der Waals surface area contributed by atoms with E-state index in [1.807, 2.05) is 38.2 Å². The van der Waals surface area contributed by atoms with Gasteiger partial charge in [-0.15, -0.1) is 0 Å². The highest BCUT2D eigenvalue weighted by atomic mass is 35.5. The van der Waals surface area contributed by atoms with Crippen LogP contribution in [0.25, 0.3) is 0 Å². The summed E-state index contributed by atoms with van der Waals surface area (Å²) in [6.45, 7) is 4.03. The van der Waals surface area contributed by atoms with Crippen molar-refractivity contribution in [1.82, 2.24) is 0 Å². The van der Waals surface area contributed by atoms with Crippen molar-refractivity contribution < 1.29 is 9.85 Å². The van der Waals surface area contributed by atoms with Crippen molar-refractivity contribution >= 4 is 40.1 Å². The van der Waals surface area contributed by atoms with Crippen molar-refractivity contribution in [2.75, 3.05) is 5.32 Å². The molecule has 37 heavy (non-hydrogen) atoms. The van der Waals surface area contributed by atoms with Crippen LogP contribution < -0.4 is 5.32 Å². The maximum absolute atomic E-state index is 11.2. The molecular formula is C28H25ClN4O4. The van der Waals surface area contributed by atoms with Gasteiger partial charge >= 0.3 is 0 Å². The number of non-ortho nitro benzene ring substituents is 2. The monoisotopic (exact) mass is 516 g/mol. The number of halogens is 1. The first-order valence-corrected chi connectivity index (χ1v) is 12.4. The molecule has 9 heteroatoms. The number of nitrogens with one attached hydrogen (secondary N) is 1. The summed E-state index contributed by atoms with van der Waals surface area (Å²) in [4.78, 5) is 26.2. The van der Waals surface area contributed by atoms with Crippen LogP contribution in [0.3, 0.4) is 0 Å². The lowest BCUT2D eigenvalue weighted by molar-refractivity contribution is -0.385. The van der Waals surface area contributed by atoms with Crippen LogP contribution in [0.1, 0.15) is 44.2 Å². The minimum Gasteiger partial charge on any atom is -0.358 e. The minimum absolute atomic E-state index is 0.0623. The largest absolute Gasteiger partial charge is 0.358 e. The zero-order valence-electron chi connectivity index (χ0n) is 20.5. The fraction of sp³-hybridized carbons (Fsp3) is 0.250. The number of nitrogens with zero attached hydrogens (tertiary/aromatic N) is 3. The summed E-state index contributed by atoms with van der Waals surface area (Å²) in [7, 11) is 0. The van der Waals surface area contributed by atoms with E-state index in [0.717, 1.165) is 69.4 Å². The van der Waals surface area contributed by atoms with Crippen molar-refractivity contribution in [1.29, 1.82) is 0 Å². The van der Waals surface area contributed by atoms with E-state index in [1.165, 1.54) is 12.1 Å². The zero-order valence-corrected chi connectivity index (χ0v) is 21.2. The molecule has 0 saturated carbocycles. The Morgan fingerprint density at radius 2 is 1.73 bits per heavy atom. The molecular weight excluding hydrogens is 492 g/mol. The Bertz CT molecular complexity index is 1500. The first-order valence-electron chi connectivity index (χ1n) is 12.0. The Balaban J connectivity index is 1.35. The Kier molecular flexibility index (Phi) is 6.29. The Morgan fingerprint density at radius 3 is 2.49 bits per heavy atom. The number of benzene rings is 2. The SMILES string of the molecule is CC1(C)C(/C=C/C2=C(Cl)C(=C\C=C3\Cc4cc([N+](=O)[O-])ccc4N3)/CCC2)=Nc2ccc([N+](=O)[O-])cc21. The number of allylic oxidation sites excluding steroid dienone is 8. The van der Waals surface area contributed by atoms with Gasteiger partial charge in [0.1, 0.15) is 0 Å². The number of anilines is 1. The minimum atomic E-state index is -0.457. The summed E-state index contributed by atoms with van der Waals surface area (Å²) in [6, 6.07) is 9.63. The second-order valence-corrected chi connectivity index (χ2v) is 10.3. The summed E-state index contributed by atoms with van der Waals surface area (Å²) in [5.41, 5.74) is 6.93. The lowest BCUT2D eigenvalue weighted by atomic mass is 9.81. The van der Waals surface area contributed by atoms with Crippen LogP contribution in [0.2, 0.25) is 0 Å². The normalized spacial score (nSPS) is 20.2. The fourth-order valence-electron chi connectivity index (χ4n) is 4.96. The van der Waals surface area contributed by atoms with Gasteiger partial charge in [0.05, 0.1) is 21.2 Å². The number of aliphatic imine (C=N–C) groups is 1. The highest BCUT2D eigenvalue weighted by Crippen LogP contribution is 2.42. The van der Waals surface area contributed by atoms with Gasteiger partial charge in [0, 0.05) is 52.5 Å². The molecule has 0 spiro atoms. The van der Waals surface area contributed by atoms with Gasteiger partial charge in [-0.1, -0.05) is 37.6 Å². The summed E-state index contributed by atoms with van der Waals surface area (Å²) >= 11 is 6.80. The number of hydrogen-bond donors (Lipinski definition) is 1. The van der Waals surface area contributed by atoms with Gasteiger partial charge in [0.15, 0.2) is 0 Å².